The molecule has 5 nitrogen and oxygen atoms in total. The molecule has 0 aliphatic carbocycles. The predicted molar refractivity (Wildman–Crippen MR) is 107 cm³/mol. The first-order valence-electron chi connectivity index (χ1n) is 8.68. The lowest BCUT2D eigenvalue weighted by atomic mass is 10.2. The Balaban J connectivity index is 1.57. The number of carbonyl (C=O) groups excluding carboxylic acids is 1. The highest BCUT2D eigenvalue weighted by atomic mass is 79.9. The molecule has 0 saturated carbocycles. The molecule has 0 unspecified atom stereocenters. The first-order chi connectivity index (χ1) is 12.6. The Labute approximate surface area is 166 Å². The number of amides is 1. The van der Waals surface area contributed by atoms with Crippen molar-refractivity contribution in [3.8, 4) is 5.75 Å². The van der Waals surface area contributed by atoms with E-state index in [9.17, 15) is 4.79 Å². The molecule has 0 radical (unpaired) electrons. The van der Waals surface area contributed by atoms with Gasteiger partial charge in [0.15, 0.2) is 6.10 Å². The molecule has 2 heterocycles. The van der Waals surface area contributed by atoms with Gasteiger partial charge in [0.05, 0.1) is 19.3 Å². The summed E-state index contributed by atoms with van der Waals surface area (Å²) in [5.74, 6) is 0.571. The van der Waals surface area contributed by atoms with Crippen LogP contribution in [0.4, 0.5) is 0 Å². The summed E-state index contributed by atoms with van der Waals surface area (Å²) in [4.78, 5) is 16.1. The van der Waals surface area contributed by atoms with Gasteiger partial charge >= 0.3 is 0 Å². The summed E-state index contributed by atoms with van der Waals surface area (Å²) in [6.07, 6.45) is -0.551. The number of nitrogens with one attached hydrogen (secondary N) is 1. The zero-order valence-electron chi connectivity index (χ0n) is 14.7. The molecular formula is C19H23BrN2O3S. The van der Waals surface area contributed by atoms with E-state index in [0.29, 0.717) is 12.3 Å². The summed E-state index contributed by atoms with van der Waals surface area (Å²) in [6.45, 7) is 5.56. The van der Waals surface area contributed by atoms with Gasteiger partial charge in [0.1, 0.15) is 5.75 Å². The van der Waals surface area contributed by atoms with Crippen LogP contribution in [0, 0.1) is 0 Å². The normalized spacial score (nSPS) is 17.5. The van der Waals surface area contributed by atoms with Crippen LogP contribution in [-0.2, 0) is 9.53 Å². The van der Waals surface area contributed by atoms with Crippen LogP contribution in [0.15, 0.2) is 46.3 Å². The molecule has 7 heteroatoms. The molecule has 1 N–H and O–H groups in total. The number of carbonyl (C=O) groups is 1. The van der Waals surface area contributed by atoms with Crippen molar-refractivity contribution in [3.63, 3.8) is 0 Å². The summed E-state index contributed by atoms with van der Waals surface area (Å²) in [6, 6.07) is 11.8. The topological polar surface area (TPSA) is 50.8 Å². The van der Waals surface area contributed by atoms with E-state index in [4.69, 9.17) is 9.47 Å². The first-order valence-corrected chi connectivity index (χ1v) is 10.4. The number of nitrogens with zero attached hydrogens (tertiary/aromatic N) is 1. The van der Waals surface area contributed by atoms with Crippen molar-refractivity contribution >= 4 is 33.2 Å². The third-order valence-corrected chi connectivity index (χ3v) is 5.83. The molecule has 0 spiro atoms. The number of halogens is 1. The molecule has 1 fully saturated rings. The van der Waals surface area contributed by atoms with E-state index >= 15 is 0 Å². The average Bonchev–Trinajstić information content (AvgIpc) is 3.19. The summed E-state index contributed by atoms with van der Waals surface area (Å²) in [7, 11) is 0. The number of ether oxygens (including phenoxy) is 2. The fraction of sp³-hybridized carbons (Fsp3) is 0.421. The number of hydrogen-bond donors (Lipinski definition) is 1. The average molecular weight is 439 g/mol. The zero-order chi connectivity index (χ0) is 18.4. The first kappa shape index (κ1) is 19.4. The summed E-state index contributed by atoms with van der Waals surface area (Å²) >= 11 is 5.11. The highest BCUT2D eigenvalue weighted by molar-refractivity contribution is 9.10. The number of rotatable bonds is 7. The van der Waals surface area contributed by atoms with Crippen LogP contribution in [0.2, 0.25) is 0 Å². The summed E-state index contributed by atoms with van der Waals surface area (Å²) in [5.41, 5.74) is 0. The number of benzene rings is 1. The minimum absolute atomic E-state index is 0.109. The Morgan fingerprint density at radius 3 is 2.69 bits per heavy atom. The lowest BCUT2D eigenvalue weighted by Crippen LogP contribution is -2.45. The van der Waals surface area contributed by atoms with E-state index < -0.39 is 6.10 Å². The Morgan fingerprint density at radius 1 is 1.31 bits per heavy atom. The lowest BCUT2D eigenvalue weighted by Gasteiger charge is -2.34. The van der Waals surface area contributed by atoms with Crippen LogP contribution in [0.5, 0.6) is 5.75 Å². The molecule has 1 amide bonds. The Bertz CT molecular complexity index is 687. The number of thiophene rings is 1. The molecule has 1 saturated heterocycles. The van der Waals surface area contributed by atoms with Gasteiger partial charge in [-0.05, 0) is 42.6 Å². The Morgan fingerprint density at radius 2 is 2.04 bits per heavy atom. The maximum Gasteiger partial charge on any atom is 0.260 e. The van der Waals surface area contributed by atoms with Gasteiger partial charge in [0.25, 0.3) is 5.91 Å². The Kier molecular flexibility index (Phi) is 7.07. The zero-order valence-corrected chi connectivity index (χ0v) is 17.1. The van der Waals surface area contributed by atoms with Crippen LogP contribution in [0.3, 0.4) is 0 Å². The van der Waals surface area contributed by atoms with E-state index in [0.717, 1.165) is 30.8 Å². The monoisotopic (exact) mass is 438 g/mol. The second-order valence-corrected chi connectivity index (χ2v) is 8.03. The Hall–Kier alpha value is -1.41. The molecule has 1 aliphatic heterocycles. The van der Waals surface area contributed by atoms with Gasteiger partial charge in [-0.1, -0.05) is 22.0 Å². The van der Waals surface area contributed by atoms with Gasteiger partial charge in [-0.25, -0.2) is 0 Å². The van der Waals surface area contributed by atoms with Crippen LogP contribution >= 0.6 is 27.3 Å². The molecular weight excluding hydrogens is 416 g/mol. The molecule has 0 bridgehead atoms. The fourth-order valence-corrected chi connectivity index (χ4v) is 4.02. The third kappa shape index (κ3) is 5.30. The van der Waals surface area contributed by atoms with Crippen molar-refractivity contribution in [1.29, 1.82) is 0 Å². The molecule has 1 aromatic heterocycles. The van der Waals surface area contributed by atoms with E-state index in [1.165, 1.54) is 4.88 Å². The van der Waals surface area contributed by atoms with Crippen LogP contribution in [0.25, 0.3) is 0 Å². The van der Waals surface area contributed by atoms with Gasteiger partial charge in [0, 0.05) is 29.0 Å². The molecule has 140 valence electrons. The molecule has 2 atom stereocenters. The highest BCUT2D eigenvalue weighted by Crippen LogP contribution is 2.25. The van der Waals surface area contributed by atoms with E-state index in [-0.39, 0.29) is 11.9 Å². The van der Waals surface area contributed by atoms with E-state index in [1.54, 1.807) is 18.3 Å². The minimum atomic E-state index is -0.551. The molecule has 1 aliphatic rings. The van der Waals surface area contributed by atoms with Crippen LogP contribution in [0.1, 0.15) is 17.8 Å². The maximum atomic E-state index is 12.5. The quantitative estimate of drug-likeness (QED) is 0.718. The third-order valence-electron chi connectivity index (χ3n) is 4.32. The smallest absolute Gasteiger partial charge is 0.260 e. The molecule has 3 rings (SSSR count). The molecule has 1 aromatic carbocycles. The second kappa shape index (κ2) is 9.50. The van der Waals surface area contributed by atoms with Crippen molar-refractivity contribution in [1.82, 2.24) is 10.2 Å². The van der Waals surface area contributed by atoms with Crippen molar-refractivity contribution in [2.75, 3.05) is 32.8 Å². The number of morpholine rings is 1. The molecule has 26 heavy (non-hydrogen) atoms. The largest absolute Gasteiger partial charge is 0.481 e. The van der Waals surface area contributed by atoms with Gasteiger partial charge in [0.2, 0.25) is 0 Å². The van der Waals surface area contributed by atoms with Crippen molar-refractivity contribution in [2.45, 2.75) is 19.1 Å². The fourth-order valence-electron chi connectivity index (χ4n) is 2.89. The van der Waals surface area contributed by atoms with Crippen molar-refractivity contribution in [3.05, 3.63) is 51.1 Å². The minimum Gasteiger partial charge on any atom is -0.481 e. The van der Waals surface area contributed by atoms with Gasteiger partial charge in [-0.3, -0.25) is 9.69 Å². The predicted octanol–water partition coefficient (Wildman–Crippen LogP) is 3.47. The lowest BCUT2D eigenvalue weighted by molar-refractivity contribution is -0.127. The van der Waals surface area contributed by atoms with E-state index in [2.05, 4.69) is 43.7 Å². The SMILES string of the molecule is C[C@H](Oc1ccc(Br)cc1)C(=O)NC[C@H](c1cccs1)N1CCOCC1. The van der Waals surface area contributed by atoms with E-state index in [1.807, 2.05) is 24.3 Å². The molecule has 2 aromatic rings. The van der Waals surface area contributed by atoms with Gasteiger partial charge in [-0.2, -0.15) is 0 Å². The standard InChI is InChI=1S/C19H23BrN2O3S/c1-14(25-16-6-4-15(20)5-7-16)19(23)21-13-17(18-3-2-12-26-18)22-8-10-24-11-9-22/h2-7,12,14,17H,8-11,13H2,1H3,(H,21,23)/t14-,17+/m0/s1. The van der Waals surface area contributed by atoms with Gasteiger partial charge in [-0.15, -0.1) is 11.3 Å². The highest BCUT2D eigenvalue weighted by Gasteiger charge is 2.25. The van der Waals surface area contributed by atoms with Crippen LogP contribution < -0.4 is 10.1 Å². The second-order valence-electron chi connectivity index (χ2n) is 6.14. The number of hydrogen-bond acceptors (Lipinski definition) is 5. The summed E-state index contributed by atoms with van der Waals surface area (Å²) < 4.78 is 12.2. The maximum absolute atomic E-state index is 12.5. The van der Waals surface area contributed by atoms with Crippen molar-refractivity contribution in [2.24, 2.45) is 0 Å². The summed E-state index contributed by atoms with van der Waals surface area (Å²) in [5, 5.41) is 5.12. The van der Waals surface area contributed by atoms with Gasteiger partial charge < -0.3 is 14.8 Å². The van der Waals surface area contributed by atoms with Crippen LogP contribution in [-0.4, -0.2) is 49.8 Å². The van der Waals surface area contributed by atoms with Crippen molar-refractivity contribution < 1.29 is 14.3 Å².